The lowest BCUT2D eigenvalue weighted by Gasteiger charge is -2.10. The minimum absolute atomic E-state index is 0.178. The number of isocyanates is 1. The summed E-state index contributed by atoms with van der Waals surface area (Å²) in [6.45, 7) is 0. The molecule has 0 aliphatic rings. The van der Waals surface area contributed by atoms with Gasteiger partial charge in [0.1, 0.15) is 0 Å². The first kappa shape index (κ1) is 12.9. The Morgan fingerprint density at radius 3 is 2.44 bits per heavy atom. The van der Waals surface area contributed by atoms with Crippen LogP contribution in [0.5, 0.6) is 0 Å². The van der Waals surface area contributed by atoms with Crippen molar-refractivity contribution >= 4 is 52.3 Å². The van der Waals surface area contributed by atoms with E-state index in [-0.39, 0.29) is 16.9 Å². The van der Waals surface area contributed by atoms with Gasteiger partial charge in [-0.3, -0.25) is 10.1 Å². The largest absolute Gasteiger partial charge is 0.295 e. The van der Waals surface area contributed by atoms with Gasteiger partial charge in [-0.25, -0.2) is 4.79 Å². The topological polar surface area (TPSA) is 72.6 Å². The molecule has 0 fully saturated rings. The number of nitrogens with zero attached hydrogens (tertiary/aromatic N) is 2. The fraction of sp³-hybridized carbons (Fsp3) is 0.125. The zero-order valence-corrected chi connectivity index (χ0v) is 9.75. The highest BCUT2D eigenvalue weighted by Gasteiger charge is 2.25. The zero-order chi connectivity index (χ0) is 12.3. The highest BCUT2D eigenvalue weighted by Crippen LogP contribution is 2.41. The lowest BCUT2D eigenvalue weighted by Crippen LogP contribution is -2.00. The molecule has 0 N–H and O–H groups in total. The van der Waals surface area contributed by atoms with Crippen LogP contribution in [0.4, 0.5) is 11.4 Å². The average Bonchev–Trinajstić information content (AvgIpc) is 2.16. The molecule has 0 unspecified atom stereocenters. The zero-order valence-electron chi connectivity index (χ0n) is 7.49. The molecular weight excluding hydrogens is 278 g/mol. The number of hydrogen-bond acceptors (Lipinski definition) is 4. The van der Waals surface area contributed by atoms with Crippen LogP contribution in [0.1, 0.15) is 5.56 Å². The van der Waals surface area contributed by atoms with Gasteiger partial charge < -0.3 is 0 Å². The van der Waals surface area contributed by atoms with Crippen LogP contribution in [0, 0.1) is 10.1 Å². The third-order valence-electron chi connectivity index (χ3n) is 1.67. The van der Waals surface area contributed by atoms with E-state index in [0.717, 1.165) is 12.1 Å². The van der Waals surface area contributed by atoms with Gasteiger partial charge in [0.05, 0.1) is 4.92 Å². The molecule has 0 saturated carbocycles. The van der Waals surface area contributed by atoms with Crippen LogP contribution in [0.2, 0.25) is 0 Å². The van der Waals surface area contributed by atoms with E-state index in [4.69, 9.17) is 34.8 Å². The summed E-state index contributed by atoms with van der Waals surface area (Å²) in [5.41, 5.74) is -0.387. The summed E-state index contributed by atoms with van der Waals surface area (Å²) in [4.78, 5) is 23.2. The molecule has 0 heterocycles. The molecule has 1 rings (SSSR count). The summed E-state index contributed by atoms with van der Waals surface area (Å²) >= 11 is 16.8. The SMILES string of the molecule is O=C=Nc1cc(C(Cl)(Cl)Cl)ccc1[N+](=O)[O-]. The third kappa shape index (κ3) is 2.93. The van der Waals surface area contributed by atoms with Crippen LogP contribution in [-0.2, 0) is 8.59 Å². The van der Waals surface area contributed by atoms with Crippen molar-refractivity contribution in [3.05, 3.63) is 33.9 Å². The van der Waals surface area contributed by atoms with Gasteiger partial charge >= 0.3 is 0 Å². The lowest BCUT2D eigenvalue weighted by molar-refractivity contribution is -0.384. The van der Waals surface area contributed by atoms with E-state index in [9.17, 15) is 14.9 Å². The smallest absolute Gasteiger partial charge is 0.258 e. The number of hydrogen-bond donors (Lipinski definition) is 0. The quantitative estimate of drug-likeness (QED) is 0.274. The Labute approximate surface area is 105 Å². The van der Waals surface area contributed by atoms with E-state index in [0.29, 0.717) is 0 Å². The second-order valence-electron chi connectivity index (χ2n) is 2.66. The predicted octanol–water partition coefficient (Wildman–Crippen LogP) is 3.39. The molecule has 0 atom stereocenters. The van der Waals surface area contributed by atoms with E-state index >= 15 is 0 Å². The molecule has 0 bridgehead atoms. The molecule has 0 radical (unpaired) electrons. The van der Waals surface area contributed by atoms with E-state index in [2.05, 4.69) is 4.99 Å². The van der Waals surface area contributed by atoms with E-state index in [1.54, 1.807) is 0 Å². The van der Waals surface area contributed by atoms with Crippen LogP contribution in [0.3, 0.4) is 0 Å². The van der Waals surface area contributed by atoms with Gasteiger partial charge in [0.15, 0.2) is 5.69 Å². The monoisotopic (exact) mass is 280 g/mol. The van der Waals surface area contributed by atoms with Crippen LogP contribution in [-0.4, -0.2) is 11.0 Å². The Hall–Kier alpha value is -1.13. The van der Waals surface area contributed by atoms with Gasteiger partial charge in [0.2, 0.25) is 9.87 Å². The fourth-order valence-corrected chi connectivity index (χ4v) is 1.35. The maximum Gasteiger partial charge on any atom is 0.295 e. The van der Waals surface area contributed by atoms with Gasteiger partial charge in [0, 0.05) is 11.6 Å². The number of aliphatic imine (C=N–C) groups is 1. The molecule has 1 aromatic carbocycles. The third-order valence-corrected chi connectivity index (χ3v) is 2.32. The Bertz CT molecular complexity index is 478. The molecule has 16 heavy (non-hydrogen) atoms. The predicted molar refractivity (Wildman–Crippen MR) is 60.1 cm³/mol. The number of halogens is 3. The maximum absolute atomic E-state index is 10.6. The Balaban J connectivity index is 3.39. The van der Waals surface area contributed by atoms with Gasteiger partial charge in [-0.1, -0.05) is 34.8 Å². The molecule has 0 saturated heterocycles. The molecule has 0 aliphatic carbocycles. The summed E-state index contributed by atoms with van der Waals surface area (Å²) in [6, 6.07) is 3.53. The second kappa shape index (κ2) is 4.80. The summed E-state index contributed by atoms with van der Waals surface area (Å²) < 4.78 is -1.73. The highest BCUT2D eigenvalue weighted by molar-refractivity contribution is 6.66. The number of benzene rings is 1. The van der Waals surface area contributed by atoms with E-state index in [1.165, 1.54) is 12.1 Å². The highest BCUT2D eigenvalue weighted by atomic mass is 35.6. The molecule has 0 aromatic heterocycles. The number of carbonyl (C=O) groups excluding carboxylic acids is 1. The number of nitro groups is 1. The first-order valence-corrected chi connectivity index (χ1v) is 4.93. The summed E-state index contributed by atoms with van der Waals surface area (Å²) in [7, 11) is 0. The van der Waals surface area contributed by atoms with Crippen molar-refractivity contribution in [1.82, 2.24) is 0 Å². The second-order valence-corrected chi connectivity index (χ2v) is 4.94. The lowest BCUT2D eigenvalue weighted by atomic mass is 10.2. The van der Waals surface area contributed by atoms with Crippen molar-refractivity contribution in [1.29, 1.82) is 0 Å². The Morgan fingerprint density at radius 1 is 1.38 bits per heavy atom. The molecular formula is C8H3Cl3N2O3. The summed E-state index contributed by atoms with van der Waals surface area (Å²) in [6.07, 6.45) is 1.20. The van der Waals surface area contributed by atoms with E-state index < -0.39 is 8.72 Å². The van der Waals surface area contributed by atoms with Crippen molar-refractivity contribution in [3.8, 4) is 0 Å². The van der Waals surface area contributed by atoms with Crippen LogP contribution in [0.25, 0.3) is 0 Å². The van der Waals surface area contributed by atoms with Gasteiger partial charge in [-0.15, -0.1) is 0 Å². The average molecular weight is 281 g/mol. The van der Waals surface area contributed by atoms with E-state index in [1.807, 2.05) is 0 Å². The molecule has 1 aromatic rings. The normalized spacial score (nSPS) is 10.7. The molecule has 0 aliphatic heterocycles. The van der Waals surface area contributed by atoms with Gasteiger partial charge in [-0.2, -0.15) is 4.99 Å². The molecule has 8 heteroatoms. The van der Waals surface area contributed by atoms with Crippen molar-refractivity contribution in [2.75, 3.05) is 0 Å². The number of rotatable bonds is 2. The van der Waals surface area contributed by atoms with Crippen molar-refractivity contribution < 1.29 is 9.72 Å². The van der Waals surface area contributed by atoms with Crippen LogP contribution < -0.4 is 0 Å². The fourth-order valence-electron chi connectivity index (χ4n) is 0.993. The Kier molecular flexibility index (Phi) is 3.88. The van der Waals surface area contributed by atoms with Crippen molar-refractivity contribution in [2.45, 2.75) is 3.79 Å². The van der Waals surface area contributed by atoms with Crippen LogP contribution in [0.15, 0.2) is 23.2 Å². The standard InChI is InChI=1S/C8H3Cl3N2O3/c9-8(10,11)5-1-2-7(13(15)16)6(3-5)12-4-14/h1-3H. The van der Waals surface area contributed by atoms with Gasteiger partial charge in [-0.05, 0) is 12.1 Å². The molecule has 5 nitrogen and oxygen atoms in total. The maximum atomic E-state index is 10.6. The summed E-state index contributed by atoms with van der Waals surface area (Å²) in [5.74, 6) is 0. The minimum atomic E-state index is -1.73. The van der Waals surface area contributed by atoms with Crippen molar-refractivity contribution in [3.63, 3.8) is 0 Å². The minimum Gasteiger partial charge on any atom is -0.258 e. The molecule has 84 valence electrons. The van der Waals surface area contributed by atoms with Crippen molar-refractivity contribution in [2.24, 2.45) is 4.99 Å². The number of alkyl halides is 3. The first-order chi connectivity index (χ1) is 7.36. The Morgan fingerprint density at radius 2 is 2.00 bits per heavy atom. The molecule has 0 amide bonds. The summed E-state index contributed by atoms with van der Waals surface area (Å²) in [5, 5.41) is 10.6. The number of nitro benzene ring substituents is 1. The molecule has 0 spiro atoms. The first-order valence-electron chi connectivity index (χ1n) is 3.80. The van der Waals surface area contributed by atoms with Gasteiger partial charge in [0.25, 0.3) is 5.69 Å². The van der Waals surface area contributed by atoms with Crippen LogP contribution >= 0.6 is 34.8 Å².